The zero-order valence-electron chi connectivity index (χ0n) is 11.1. The van der Waals surface area contributed by atoms with Crippen LogP contribution in [0, 0.1) is 18.3 Å². The Bertz CT molecular complexity index is 719. The molecule has 1 heterocycles. The third kappa shape index (κ3) is 2.35. The Morgan fingerprint density at radius 2 is 2.15 bits per heavy atom. The molecule has 4 heteroatoms. The predicted molar refractivity (Wildman–Crippen MR) is 77.2 cm³/mol. The first kappa shape index (κ1) is 13.0. The summed E-state index contributed by atoms with van der Waals surface area (Å²) in [6.07, 6.45) is 3.05. The summed E-state index contributed by atoms with van der Waals surface area (Å²) in [4.78, 5) is 4.49. The van der Waals surface area contributed by atoms with E-state index in [1.807, 2.05) is 19.1 Å². The first-order chi connectivity index (χ1) is 9.67. The highest BCUT2D eigenvalue weighted by molar-refractivity contribution is 6.31. The van der Waals surface area contributed by atoms with E-state index < -0.39 is 0 Å². The van der Waals surface area contributed by atoms with Crippen LogP contribution in [0.15, 0.2) is 24.3 Å². The Hall–Kier alpha value is -2.05. The number of pyridine rings is 1. The van der Waals surface area contributed by atoms with E-state index in [1.54, 1.807) is 12.1 Å². The van der Waals surface area contributed by atoms with Gasteiger partial charge >= 0.3 is 0 Å². The Kier molecular flexibility index (Phi) is 3.33. The van der Waals surface area contributed by atoms with Crippen LogP contribution in [0.5, 0.6) is 11.6 Å². The zero-order chi connectivity index (χ0) is 14.1. The molecule has 100 valence electrons. The lowest BCUT2D eigenvalue weighted by atomic mass is 10.1. The maximum Gasteiger partial charge on any atom is 0.237 e. The maximum absolute atomic E-state index is 9.24. The molecule has 1 aliphatic rings. The van der Waals surface area contributed by atoms with Crippen molar-refractivity contribution in [3.05, 3.63) is 51.7 Å². The molecule has 0 bridgehead atoms. The van der Waals surface area contributed by atoms with Crippen molar-refractivity contribution in [3.63, 3.8) is 0 Å². The molecular formula is C16H13ClN2O. The number of halogens is 1. The van der Waals surface area contributed by atoms with Gasteiger partial charge in [0, 0.05) is 10.7 Å². The quantitative estimate of drug-likeness (QED) is 0.830. The SMILES string of the molecule is Cc1cc(Oc2nc3c(cc2C#N)CCC3)ccc1Cl. The summed E-state index contributed by atoms with van der Waals surface area (Å²) in [6, 6.07) is 9.47. The van der Waals surface area contributed by atoms with Gasteiger partial charge in [-0.1, -0.05) is 11.6 Å². The largest absolute Gasteiger partial charge is 0.438 e. The van der Waals surface area contributed by atoms with E-state index in [0.29, 0.717) is 22.2 Å². The van der Waals surface area contributed by atoms with Crippen molar-refractivity contribution in [1.29, 1.82) is 5.26 Å². The number of benzene rings is 1. The number of aryl methyl sites for hydroxylation is 3. The molecular weight excluding hydrogens is 272 g/mol. The summed E-state index contributed by atoms with van der Waals surface area (Å²) >= 11 is 6.00. The molecule has 3 nitrogen and oxygen atoms in total. The molecule has 0 saturated heterocycles. The summed E-state index contributed by atoms with van der Waals surface area (Å²) in [5, 5.41) is 9.93. The van der Waals surface area contributed by atoms with Crippen LogP contribution in [0.3, 0.4) is 0 Å². The van der Waals surface area contributed by atoms with Crippen LogP contribution in [0.4, 0.5) is 0 Å². The average molecular weight is 285 g/mol. The fraction of sp³-hybridized carbons (Fsp3) is 0.250. The van der Waals surface area contributed by atoms with Crippen molar-refractivity contribution in [2.75, 3.05) is 0 Å². The minimum absolute atomic E-state index is 0.384. The summed E-state index contributed by atoms with van der Waals surface area (Å²) in [7, 11) is 0. The maximum atomic E-state index is 9.24. The average Bonchev–Trinajstić information content (AvgIpc) is 2.89. The number of ether oxygens (including phenoxy) is 1. The number of rotatable bonds is 2. The van der Waals surface area contributed by atoms with Crippen molar-refractivity contribution < 1.29 is 4.74 Å². The summed E-state index contributed by atoms with van der Waals surface area (Å²) < 4.78 is 5.77. The highest BCUT2D eigenvalue weighted by Gasteiger charge is 2.17. The van der Waals surface area contributed by atoms with Crippen LogP contribution < -0.4 is 4.74 Å². The van der Waals surface area contributed by atoms with E-state index in [0.717, 1.165) is 30.5 Å². The van der Waals surface area contributed by atoms with E-state index in [9.17, 15) is 5.26 Å². The van der Waals surface area contributed by atoms with Gasteiger partial charge in [0.05, 0.1) is 0 Å². The summed E-state index contributed by atoms with van der Waals surface area (Å²) in [5.74, 6) is 1.03. The second kappa shape index (κ2) is 5.15. The van der Waals surface area contributed by atoms with Gasteiger partial charge in [-0.05, 0) is 61.6 Å². The van der Waals surface area contributed by atoms with Gasteiger partial charge in [-0.25, -0.2) is 4.98 Å². The number of aromatic nitrogens is 1. The lowest BCUT2D eigenvalue weighted by molar-refractivity contribution is 0.459. The number of hydrogen-bond donors (Lipinski definition) is 0. The molecule has 0 N–H and O–H groups in total. The molecule has 20 heavy (non-hydrogen) atoms. The van der Waals surface area contributed by atoms with E-state index >= 15 is 0 Å². The van der Waals surface area contributed by atoms with Crippen molar-refractivity contribution >= 4 is 11.6 Å². The smallest absolute Gasteiger partial charge is 0.237 e. The van der Waals surface area contributed by atoms with E-state index in [1.165, 1.54) is 5.56 Å². The molecule has 0 aliphatic heterocycles. The number of nitrogens with zero attached hydrogens (tertiary/aromatic N) is 2. The molecule has 0 atom stereocenters. The lowest BCUT2D eigenvalue weighted by Gasteiger charge is -2.09. The molecule has 1 aromatic carbocycles. The van der Waals surface area contributed by atoms with Crippen molar-refractivity contribution in [2.24, 2.45) is 0 Å². The minimum Gasteiger partial charge on any atom is -0.438 e. The van der Waals surface area contributed by atoms with Gasteiger partial charge in [0.2, 0.25) is 5.88 Å². The Balaban J connectivity index is 1.98. The van der Waals surface area contributed by atoms with Crippen LogP contribution in [-0.2, 0) is 12.8 Å². The van der Waals surface area contributed by atoms with Crippen molar-refractivity contribution in [1.82, 2.24) is 4.98 Å². The predicted octanol–water partition coefficient (Wildman–Crippen LogP) is 4.20. The van der Waals surface area contributed by atoms with Crippen molar-refractivity contribution in [2.45, 2.75) is 26.2 Å². The van der Waals surface area contributed by atoms with Crippen LogP contribution in [0.2, 0.25) is 5.02 Å². The number of hydrogen-bond acceptors (Lipinski definition) is 3. The standard InChI is InChI=1S/C16H13ClN2O/c1-10-7-13(5-6-14(10)17)20-16-12(9-18)8-11-3-2-4-15(11)19-16/h5-8H,2-4H2,1H3. The first-order valence-corrected chi connectivity index (χ1v) is 6.92. The minimum atomic E-state index is 0.384. The molecule has 0 unspecified atom stereocenters. The summed E-state index contributed by atoms with van der Waals surface area (Å²) in [5.41, 5.74) is 3.63. The number of fused-ring (bicyclic) bond motifs is 1. The molecule has 0 spiro atoms. The molecule has 1 aromatic heterocycles. The monoisotopic (exact) mass is 284 g/mol. The van der Waals surface area contributed by atoms with Crippen LogP contribution in [0.25, 0.3) is 0 Å². The molecule has 0 radical (unpaired) electrons. The van der Waals surface area contributed by atoms with Crippen LogP contribution >= 0.6 is 11.6 Å². The Morgan fingerprint density at radius 3 is 2.90 bits per heavy atom. The van der Waals surface area contributed by atoms with Gasteiger partial charge < -0.3 is 4.74 Å². The van der Waals surface area contributed by atoms with Gasteiger partial charge in [-0.3, -0.25) is 0 Å². The molecule has 0 saturated carbocycles. The van der Waals surface area contributed by atoms with Crippen LogP contribution in [0.1, 0.15) is 28.8 Å². The third-order valence-corrected chi connectivity index (χ3v) is 3.90. The number of nitriles is 1. The fourth-order valence-electron chi connectivity index (χ4n) is 2.40. The normalized spacial score (nSPS) is 12.8. The van der Waals surface area contributed by atoms with Crippen LogP contribution in [-0.4, -0.2) is 4.98 Å². The molecule has 3 rings (SSSR count). The van der Waals surface area contributed by atoms with Gasteiger partial charge in [0.1, 0.15) is 17.4 Å². The van der Waals surface area contributed by atoms with Gasteiger partial charge in [0.25, 0.3) is 0 Å². The Labute approximate surface area is 122 Å². The topological polar surface area (TPSA) is 45.9 Å². The highest BCUT2D eigenvalue weighted by atomic mass is 35.5. The fourth-order valence-corrected chi connectivity index (χ4v) is 2.52. The third-order valence-electron chi connectivity index (χ3n) is 3.48. The molecule has 1 aliphatic carbocycles. The second-order valence-corrected chi connectivity index (χ2v) is 5.33. The van der Waals surface area contributed by atoms with Gasteiger partial charge in [-0.2, -0.15) is 5.26 Å². The molecule has 2 aromatic rings. The first-order valence-electron chi connectivity index (χ1n) is 6.54. The van der Waals surface area contributed by atoms with Gasteiger partial charge in [0.15, 0.2) is 0 Å². The summed E-state index contributed by atoms with van der Waals surface area (Å²) in [6.45, 7) is 1.91. The Morgan fingerprint density at radius 1 is 1.30 bits per heavy atom. The van der Waals surface area contributed by atoms with E-state index in [2.05, 4.69) is 11.1 Å². The lowest BCUT2D eigenvalue weighted by Crippen LogP contribution is -1.97. The molecule has 0 fully saturated rings. The van der Waals surface area contributed by atoms with E-state index in [-0.39, 0.29) is 0 Å². The molecule has 0 amide bonds. The second-order valence-electron chi connectivity index (χ2n) is 4.93. The van der Waals surface area contributed by atoms with Crippen molar-refractivity contribution in [3.8, 4) is 17.7 Å². The zero-order valence-corrected chi connectivity index (χ0v) is 11.9. The highest BCUT2D eigenvalue weighted by Crippen LogP contribution is 2.30. The van der Waals surface area contributed by atoms with E-state index in [4.69, 9.17) is 16.3 Å². The van der Waals surface area contributed by atoms with Gasteiger partial charge in [-0.15, -0.1) is 0 Å².